The third-order valence-corrected chi connectivity index (χ3v) is 11.4. The van der Waals surface area contributed by atoms with E-state index in [0.717, 1.165) is 55.9 Å². The number of fused-ring (bicyclic) bond motifs is 4. The third-order valence-electron chi connectivity index (χ3n) is 11.4. The molecule has 0 unspecified atom stereocenters. The second kappa shape index (κ2) is 13.4. The number of aliphatic imine (C=N–C) groups is 1. The molecule has 7 aromatic carbocycles. The molecule has 0 saturated heterocycles. The molecule has 0 radical (unpaired) electrons. The second-order valence-electron chi connectivity index (χ2n) is 15.2. The van der Waals surface area contributed by atoms with Gasteiger partial charge in [0.1, 0.15) is 22.9 Å². The fourth-order valence-electron chi connectivity index (χ4n) is 8.72. The molecule has 2 heterocycles. The molecule has 5 heteroatoms. The molecule has 0 amide bonds. The molecule has 8 aromatic rings. The van der Waals surface area contributed by atoms with E-state index in [-0.39, 0.29) is 23.2 Å². The Bertz CT molecular complexity index is 2720. The number of aromatic nitrogens is 1. The van der Waals surface area contributed by atoms with Crippen molar-refractivity contribution in [2.24, 2.45) is 4.99 Å². The van der Waals surface area contributed by atoms with Crippen LogP contribution in [-0.2, 0) is 5.41 Å². The standard InChI is InChI=1S/C51H39N3O2/c1-51(2)43-26-13-12-25-40(43)48-49(51)53-50(37-23-14-24-39(30-37)56-45-29-28-36-22-15-27-44(55)46(36)52-45)54(48)47-41(34-18-8-4-9-19-34)31-38(33-16-6-3-7-17-33)32-42(47)35-20-10-5-11-21-35/h3-32,48-49,55H,1-2H3/t48-,49-/m1/s1. The Hall–Kier alpha value is -6.98. The van der Waals surface area contributed by atoms with Crippen molar-refractivity contribution in [1.29, 1.82) is 0 Å². The average molecular weight is 726 g/mol. The maximum Gasteiger partial charge on any atom is 0.219 e. The maximum absolute atomic E-state index is 10.5. The first-order valence-electron chi connectivity index (χ1n) is 19.1. The fourth-order valence-corrected chi connectivity index (χ4v) is 8.72. The van der Waals surface area contributed by atoms with Gasteiger partial charge in [-0.25, -0.2) is 4.98 Å². The van der Waals surface area contributed by atoms with E-state index in [1.54, 1.807) is 6.07 Å². The van der Waals surface area contributed by atoms with Crippen LogP contribution in [0.3, 0.4) is 0 Å². The number of rotatable bonds is 7. The lowest BCUT2D eigenvalue weighted by Crippen LogP contribution is -2.35. The van der Waals surface area contributed by atoms with E-state index in [1.165, 1.54) is 11.1 Å². The van der Waals surface area contributed by atoms with Crippen LogP contribution in [0.25, 0.3) is 44.3 Å². The molecule has 56 heavy (non-hydrogen) atoms. The summed E-state index contributed by atoms with van der Waals surface area (Å²) in [4.78, 5) is 12.9. The van der Waals surface area contributed by atoms with Crippen LogP contribution in [0.2, 0.25) is 0 Å². The lowest BCUT2D eigenvalue weighted by molar-refractivity contribution is 0.421. The first-order valence-corrected chi connectivity index (χ1v) is 19.1. The fraction of sp³-hybridized carbons (Fsp3) is 0.0980. The summed E-state index contributed by atoms with van der Waals surface area (Å²) in [5.74, 6) is 2.05. The number of hydrogen-bond donors (Lipinski definition) is 1. The van der Waals surface area contributed by atoms with Gasteiger partial charge in [0.15, 0.2) is 0 Å². The quantitative estimate of drug-likeness (QED) is 0.178. The highest BCUT2D eigenvalue weighted by Crippen LogP contribution is 2.56. The van der Waals surface area contributed by atoms with Crippen LogP contribution >= 0.6 is 0 Å². The van der Waals surface area contributed by atoms with E-state index >= 15 is 0 Å². The first-order chi connectivity index (χ1) is 27.4. The van der Waals surface area contributed by atoms with Gasteiger partial charge in [0, 0.05) is 33.6 Å². The van der Waals surface area contributed by atoms with E-state index in [2.05, 4.69) is 163 Å². The zero-order valence-electron chi connectivity index (χ0n) is 31.2. The number of aromatic hydroxyl groups is 1. The molecule has 0 bridgehead atoms. The maximum atomic E-state index is 10.5. The number of amidine groups is 1. The Morgan fingerprint density at radius 1 is 0.571 bits per heavy atom. The van der Waals surface area contributed by atoms with Gasteiger partial charge in [-0.2, -0.15) is 0 Å². The zero-order valence-corrected chi connectivity index (χ0v) is 31.2. The van der Waals surface area contributed by atoms with Crippen molar-refractivity contribution >= 4 is 22.4 Å². The highest BCUT2D eigenvalue weighted by Gasteiger charge is 2.54. The van der Waals surface area contributed by atoms with Crippen LogP contribution in [0.1, 0.15) is 36.6 Å². The van der Waals surface area contributed by atoms with Gasteiger partial charge in [-0.15, -0.1) is 0 Å². The third kappa shape index (κ3) is 5.63. The van der Waals surface area contributed by atoms with Crippen molar-refractivity contribution in [3.05, 3.63) is 199 Å². The first kappa shape index (κ1) is 33.6. The Balaban J connectivity index is 1.21. The number of anilines is 1. The molecule has 270 valence electrons. The summed E-state index contributed by atoms with van der Waals surface area (Å²) in [5.41, 5.74) is 11.8. The van der Waals surface area contributed by atoms with Gasteiger partial charge < -0.3 is 14.7 Å². The topological polar surface area (TPSA) is 58.0 Å². The molecule has 5 nitrogen and oxygen atoms in total. The number of ether oxygens (including phenoxy) is 1. The lowest BCUT2D eigenvalue weighted by Gasteiger charge is -2.34. The van der Waals surface area contributed by atoms with E-state index in [9.17, 15) is 5.11 Å². The Labute approximate surface area is 326 Å². The summed E-state index contributed by atoms with van der Waals surface area (Å²) in [6.45, 7) is 4.66. The summed E-state index contributed by atoms with van der Waals surface area (Å²) in [6, 6.07) is 62.9. The van der Waals surface area contributed by atoms with Crippen molar-refractivity contribution in [2.45, 2.75) is 31.3 Å². The molecule has 2 aliphatic rings. The van der Waals surface area contributed by atoms with Crippen molar-refractivity contribution in [1.82, 2.24) is 4.98 Å². The minimum absolute atomic E-state index is 0.0503. The minimum Gasteiger partial charge on any atom is -0.506 e. The van der Waals surface area contributed by atoms with Gasteiger partial charge >= 0.3 is 0 Å². The Kier molecular flexibility index (Phi) is 8.03. The van der Waals surface area contributed by atoms with Gasteiger partial charge in [0.25, 0.3) is 0 Å². The summed E-state index contributed by atoms with van der Waals surface area (Å²) in [6.07, 6.45) is 0. The van der Waals surface area contributed by atoms with E-state index in [0.29, 0.717) is 17.1 Å². The molecule has 1 aliphatic heterocycles. The van der Waals surface area contributed by atoms with Gasteiger partial charge in [-0.1, -0.05) is 153 Å². The number of phenols is 1. The molecule has 2 atom stereocenters. The number of benzene rings is 7. The number of nitrogens with zero attached hydrogens (tertiary/aromatic N) is 3. The van der Waals surface area contributed by atoms with Crippen LogP contribution in [0.15, 0.2) is 187 Å². The highest BCUT2D eigenvalue weighted by atomic mass is 16.5. The van der Waals surface area contributed by atoms with Crippen LogP contribution in [0.4, 0.5) is 5.69 Å². The van der Waals surface area contributed by atoms with Gasteiger partial charge in [0.2, 0.25) is 5.88 Å². The van der Waals surface area contributed by atoms with Crippen molar-refractivity contribution in [3.8, 4) is 50.8 Å². The minimum atomic E-state index is -0.226. The summed E-state index contributed by atoms with van der Waals surface area (Å²) in [7, 11) is 0. The Morgan fingerprint density at radius 3 is 1.88 bits per heavy atom. The highest BCUT2D eigenvalue weighted by molar-refractivity contribution is 6.16. The summed E-state index contributed by atoms with van der Waals surface area (Å²) >= 11 is 0. The van der Waals surface area contributed by atoms with Crippen molar-refractivity contribution < 1.29 is 9.84 Å². The van der Waals surface area contributed by atoms with E-state index in [4.69, 9.17) is 9.73 Å². The Morgan fingerprint density at radius 2 is 1.18 bits per heavy atom. The van der Waals surface area contributed by atoms with E-state index < -0.39 is 0 Å². The van der Waals surface area contributed by atoms with Crippen LogP contribution in [0.5, 0.6) is 17.4 Å². The number of para-hydroxylation sites is 1. The largest absolute Gasteiger partial charge is 0.506 e. The summed E-state index contributed by atoms with van der Waals surface area (Å²) < 4.78 is 6.43. The monoisotopic (exact) mass is 725 g/mol. The van der Waals surface area contributed by atoms with Crippen molar-refractivity contribution in [3.63, 3.8) is 0 Å². The molecule has 1 aromatic heterocycles. The smallest absolute Gasteiger partial charge is 0.219 e. The second-order valence-corrected chi connectivity index (χ2v) is 15.2. The average Bonchev–Trinajstić information content (AvgIpc) is 3.75. The van der Waals surface area contributed by atoms with Crippen LogP contribution in [0, 0.1) is 0 Å². The van der Waals surface area contributed by atoms with Crippen molar-refractivity contribution in [2.75, 3.05) is 4.90 Å². The summed E-state index contributed by atoms with van der Waals surface area (Å²) in [5, 5.41) is 11.4. The van der Waals surface area contributed by atoms with Gasteiger partial charge in [0.05, 0.1) is 17.8 Å². The SMILES string of the molecule is CC1(C)c2ccccc2[C@@H]2[C@H]1N=C(c1cccc(Oc3ccc4cccc(O)c4n3)c1)N2c1c(-c2ccccc2)cc(-c2ccccc2)cc1-c1ccccc1. The molecule has 0 fully saturated rings. The molecule has 0 saturated carbocycles. The lowest BCUT2D eigenvalue weighted by atomic mass is 9.83. The zero-order chi connectivity index (χ0) is 37.8. The molecular weight excluding hydrogens is 687 g/mol. The molecule has 10 rings (SSSR count). The number of hydrogen-bond acceptors (Lipinski definition) is 5. The van der Waals surface area contributed by atoms with E-state index in [1.807, 2.05) is 36.4 Å². The molecular formula is C51H39N3O2. The number of pyridine rings is 1. The van der Waals surface area contributed by atoms with Gasteiger partial charge in [-0.05, 0) is 69.8 Å². The van der Waals surface area contributed by atoms with Gasteiger partial charge in [-0.3, -0.25) is 4.99 Å². The van der Waals surface area contributed by atoms with Crippen LogP contribution < -0.4 is 9.64 Å². The molecule has 0 spiro atoms. The van der Waals surface area contributed by atoms with Crippen LogP contribution in [-0.4, -0.2) is 22.0 Å². The predicted octanol–water partition coefficient (Wildman–Crippen LogP) is 12.4. The molecule has 1 N–H and O–H groups in total. The number of phenolic OH excluding ortho intramolecular Hbond substituents is 1. The molecule has 1 aliphatic carbocycles. The normalized spacial score (nSPS) is 16.7. The predicted molar refractivity (Wildman–Crippen MR) is 228 cm³/mol.